The first-order valence-corrected chi connectivity index (χ1v) is 13.5. The highest BCUT2D eigenvalue weighted by atomic mass is 16.6. The normalized spacial score (nSPS) is 12.9. The molecule has 4 N–H and O–H groups in total. The number of carbonyl (C=O) groups is 3. The fourth-order valence-electron chi connectivity index (χ4n) is 4.19. The Kier molecular flexibility index (Phi) is 11.6. The van der Waals surface area contributed by atoms with Crippen LogP contribution < -0.4 is 10.6 Å². The lowest BCUT2D eigenvalue weighted by molar-refractivity contribution is -0.144. The Morgan fingerprint density at radius 2 is 1.64 bits per heavy atom. The van der Waals surface area contributed by atoms with E-state index in [1.807, 2.05) is 0 Å². The topological polar surface area (TPSA) is 128 Å². The summed E-state index contributed by atoms with van der Waals surface area (Å²) in [6, 6.07) is 10.1. The zero-order chi connectivity index (χ0) is 29.2. The van der Waals surface area contributed by atoms with E-state index in [1.165, 1.54) is 29.2 Å². The van der Waals surface area contributed by atoms with Gasteiger partial charge in [0.05, 0.1) is 0 Å². The molecule has 0 aliphatic heterocycles. The summed E-state index contributed by atoms with van der Waals surface area (Å²) in [6.45, 7) is 11.3. The molecule has 0 spiro atoms. The summed E-state index contributed by atoms with van der Waals surface area (Å²) in [5.41, 5.74) is 0.366. The van der Waals surface area contributed by atoms with Gasteiger partial charge >= 0.3 is 6.09 Å². The van der Waals surface area contributed by atoms with E-state index < -0.39 is 35.7 Å². The lowest BCUT2D eigenvalue weighted by atomic mass is 9.98. The number of aromatic hydroxyl groups is 2. The van der Waals surface area contributed by atoms with E-state index in [9.17, 15) is 24.6 Å². The number of benzene rings is 2. The number of phenolic OH excluding ortho intramolecular Hbond substituents is 2. The molecule has 9 nitrogen and oxygen atoms in total. The van der Waals surface area contributed by atoms with Crippen molar-refractivity contribution in [2.24, 2.45) is 0 Å². The van der Waals surface area contributed by atoms with Crippen LogP contribution in [0.2, 0.25) is 0 Å². The summed E-state index contributed by atoms with van der Waals surface area (Å²) in [4.78, 5) is 42.0. The number of alkyl carbamates (subject to hydrolysis) is 1. The molecule has 0 saturated carbocycles. The third-order valence-electron chi connectivity index (χ3n) is 5.97. The molecule has 0 fully saturated rings. The molecule has 2 aromatic carbocycles. The van der Waals surface area contributed by atoms with Gasteiger partial charge in [-0.1, -0.05) is 44.0 Å². The SMILES string of the molecule is CCCCCNC(=O)C(c1cccc(O)c1)N(C(=O)C(Cc1ccc(O)cc1)NC(=O)OC(C)(C)C)C(C)C. The highest BCUT2D eigenvalue weighted by Crippen LogP contribution is 2.28. The van der Waals surface area contributed by atoms with Crippen molar-refractivity contribution in [1.82, 2.24) is 15.5 Å². The van der Waals surface area contributed by atoms with E-state index in [4.69, 9.17) is 4.74 Å². The highest BCUT2D eigenvalue weighted by Gasteiger charge is 2.38. The van der Waals surface area contributed by atoms with Gasteiger partial charge in [0.2, 0.25) is 11.8 Å². The molecule has 9 heteroatoms. The van der Waals surface area contributed by atoms with Gasteiger partial charge in [0.1, 0.15) is 29.2 Å². The van der Waals surface area contributed by atoms with E-state index >= 15 is 0 Å². The summed E-state index contributed by atoms with van der Waals surface area (Å²) in [5, 5.41) is 25.5. The number of nitrogens with one attached hydrogen (secondary N) is 2. The van der Waals surface area contributed by atoms with Crippen molar-refractivity contribution in [3.05, 3.63) is 59.7 Å². The minimum Gasteiger partial charge on any atom is -0.508 e. The van der Waals surface area contributed by atoms with Crippen LogP contribution in [-0.2, 0) is 20.7 Å². The average molecular weight is 542 g/mol. The van der Waals surface area contributed by atoms with Gasteiger partial charge < -0.3 is 30.5 Å². The fraction of sp³-hybridized carbons (Fsp3) is 0.500. The van der Waals surface area contributed by atoms with Crippen LogP contribution in [0.5, 0.6) is 11.5 Å². The molecule has 2 rings (SSSR count). The number of unbranched alkanes of at least 4 members (excludes halogenated alkanes) is 2. The van der Waals surface area contributed by atoms with E-state index in [0.717, 1.165) is 19.3 Å². The molecule has 3 amide bonds. The largest absolute Gasteiger partial charge is 0.508 e. The van der Waals surface area contributed by atoms with Crippen LogP contribution in [0.25, 0.3) is 0 Å². The molecule has 39 heavy (non-hydrogen) atoms. The second-order valence-corrected chi connectivity index (χ2v) is 10.9. The molecule has 0 bridgehead atoms. The number of nitrogens with zero attached hydrogens (tertiary/aromatic N) is 1. The third kappa shape index (κ3) is 10.1. The van der Waals surface area contributed by atoms with Gasteiger partial charge in [-0.25, -0.2) is 4.79 Å². The third-order valence-corrected chi connectivity index (χ3v) is 5.97. The summed E-state index contributed by atoms with van der Waals surface area (Å²) in [6.07, 6.45) is 2.10. The minimum absolute atomic E-state index is 0.0278. The number of amides is 3. The Labute approximate surface area is 231 Å². The van der Waals surface area contributed by atoms with Crippen molar-refractivity contribution in [3.8, 4) is 11.5 Å². The van der Waals surface area contributed by atoms with Crippen molar-refractivity contribution >= 4 is 17.9 Å². The van der Waals surface area contributed by atoms with Crippen LogP contribution in [-0.4, -0.2) is 57.3 Å². The number of hydrogen-bond acceptors (Lipinski definition) is 6. The van der Waals surface area contributed by atoms with Crippen LogP contribution in [0.15, 0.2) is 48.5 Å². The first-order valence-electron chi connectivity index (χ1n) is 13.5. The second kappa shape index (κ2) is 14.4. The maximum atomic E-state index is 14.2. The van der Waals surface area contributed by atoms with E-state index in [0.29, 0.717) is 17.7 Å². The maximum Gasteiger partial charge on any atom is 0.408 e. The molecule has 0 aliphatic rings. The Bertz CT molecular complexity index is 1090. The molecule has 0 saturated heterocycles. The molecule has 0 radical (unpaired) electrons. The van der Waals surface area contributed by atoms with Gasteiger partial charge in [0.25, 0.3) is 0 Å². The van der Waals surface area contributed by atoms with Gasteiger partial charge in [-0.3, -0.25) is 9.59 Å². The van der Waals surface area contributed by atoms with Crippen LogP contribution in [0.3, 0.4) is 0 Å². The lowest BCUT2D eigenvalue weighted by Crippen LogP contribution is -2.55. The Hall–Kier alpha value is -3.75. The standard InChI is InChI=1S/C30H43N3O6/c1-7-8-9-17-31-27(36)26(22-11-10-12-24(35)19-22)33(20(2)3)28(37)25(32-29(38)39-30(4,5)6)18-21-13-15-23(34)16-14-21/h10-16,19-20,25-26,34-35H,7-9,17-18H2,1-6H3,(H,31,36)(H,32,38). The molecule has 2 atom stereocenters. The van der Waals surface area contributed by atoms with Gasteiger partial charge in [-0.15, -0.1) is 0 Å². The number of ether oxygens (including phenoxy) is 1. The molecule has 2 unspecified atom stereocenters. The van der Waals surface area contributed by atoms with Crippen LogP contribution in [0, 0.1) is 0 Å². The van der Waals surface area contributed by atoms with Crippen molar-refractivity contribution in [1.29, 1.82) is 0 Å². The van der Waals surface area contributed by atoms with Gasteiger partial charge in [-0.05, 0) is 76.4 Å². The Morgan fingerprint density at radius 3 is 2.21 bits per heavy atom. The predicted molar refractivity (Wildman–Crippen MR) is 150 cm³/mol. The molecular formula is C30H43N3O6. The zero-order valence-corrected chi connectivity index (χ0v) is 23.9. The number of hydrogen-bond donors (Lipinski definition) is 4. The predicted octanol–water partition coefficient (Wildman–Crippen LogP) is 4.82. The quantitative estimate of drug-likeness (QED) is 0.285. The van der Waals surface area contributed by atoms with E-state index in [-0.39, 0.29) is 23.8 Å². The maximum absolute atomic E-state index is 14.2. The number of rotatable bonds is 12. The monoisotopic (exact) mass is 541 g/mol. The molecule has 214 valence electrons. The smallest absolute Gasteiger partial charge is 0.408 e. The van der Waals surface area contributed by atoms with Crippen molar-refractivity contribution in [2.45, 2.75) is 91.0 Å². The molecule has 2 aromatic rings. The van der Waals surface area contributed by atoms with Gasteiger partial charge in [0.15, 0.2) is 0 Å². The Balaban J connectivity index is 2.49. The summed E-state index contributed by atoms with van der Waals surface area (Å²) >= 11 is 0. The first kappa shape index (κ1) is 31.5. The molecule has 0 aromatic heterocycles. The summed E-state index contributed by atoms with van der Waals surface area (Å²) < 4.78 is 5.43. The number of phenols is 2. The van der Waals surface area contributed by atoms with E-state index in [2.05, 4.69) is 17.6 Å². The molecular weight excluding hydrogens is 498 g/mol. The minimum atomic E-state index is -1.07. The van der Waals surface area contributed by atoms with Crippen LogP contribution in [0.1, 0.15) is 78.0 Å². The fourth-order valence-corrected chi connectivity index (χ4v) is 4.19. The van der Waals surface area contributed by atoms with Crippen LogP contribution >= 0.6 is 0 Å². The van der Waals surface area contributed by atoms with Crippen LogP contribution in [0.4, 0.5) is 4.79 Å². The Morgan fingerprint density at radius 1 is 0.974 bits per heavy atom. The first-order chi connectivity index (χ1) is 18.3. The molecule has 0 heterocycles. The zero-order valence-electron chi connectivity index (χ0n) is 23.9. The van der Waals surface area contributed by atoms with Crippen molar-refractivity contribution in [3.63, 3.8) is 0 Å². The average Bonchev–Trinajstić information content (AvgIpc) is 2.84. The van der Waals surface area contributed by atoms with Gasteiger partial charge in [-0.2, -0.15) is 0 Å². The lowest BCUT2D eigenvalue weighted by Gasteiger charge is -2.37. The highest BCUT2D eigenvalue weighted by molar-refractivity contribution is 5.92. The van der Waals surface area contributed by atoms with E-state index in [1.54, 1.807) is 58.9 Å². The summed E-state index contributed by atoms with van der Waals surface area (Å²) in [5.74, 6) is -0.811. The summed E-state index contributed by atoms with van der Waals surface area (Å²) in [7, 11) is 0. The van der Waals surface area contributed by atoms with Gasteiger partial charge in [0, 0.05) is 19.0 Å². The van der Waals surface area contributed by atoms with Crippen molar-refractivity contribution in [2.75, 3.05) is 6.54 Å². The second-order valence-electron chi connectivity index (χ2n) is 10.9. The van der Waals surface area contributed by atoms with Crippen molar-refractivity contribution < 1.29 is 29.3 Å². The molecule has 0 aliphatic carbocycles. The number of carbonyl (C=O) groups excluding carboxylic acids is 3.